The number of aromatic amines is 1. The molecule has 0 amide bonds. The Kier molecular flexibility index (Phi) is 3.00. The van der Waals surface area contributed by atoms with E-state index in [1.165, 1.54) is 12.3 Å². The Morgan fingerprint density at radius 1 is 1.33 bits per heavy atom. The van der Waals surface area contributed by atoms with Crippen LogP contribution in [0.3, 0.4) is 0 Å². The summed E-state index contributed by atoms with van der Waals surface area (Å²) in [6, 6.07) is 4.86. The van der Waals surface area contributed by atoms with Crippen LogP contribution >= 0.6 is 0 Å². The number of rotatable bonds is 3. The molecule has 0 saturated carbocycles. The Labute approximate surface area is 105 Å². The van der Waals surface area contributed by atoms with Crippen molar-refractivity contribution in [3.8, 4) is 0 Å². The lowest BCUT2D eigenvalue weighted by molar-refractivity contribution is 0.600. The van der Waals surface area contributed by atoms with E-state index < -0.39 is 10.0 Å². The maximum absolute atomic E-state index is 12.2. The normalized spacial score (nSPS) is 11.4. The van der Waals surface area contributed by atoms with E-state index in [9.17, 15) is 8.42 Å². The van der Waals surface area contributed by atoms with Gasteiger partial charge in [-0.25, -0.2) is 8.42 Å². The van der Waals surface area contributed by atoms with E-state index in [0.29, 0.717) is 17.1 Å². The number of benzene rings is 1. The van der Waals surface area contributed by atoms with Gasteiger partial charge in [0.05, 0.1) is 11.1 Å². The van der Waals surface area contributed by atoms with Crippen molar-refractivity contribution in [3.63, 3.8) is 0 Å². The van der Waals surface area contributed by atoms with Crippen LogP contribution in [0.15, 0.2) is 29.3 Å². The number of nitrogens with zero attached hydrogens (tertiary/aromatic N) is 1. The number of sulfonamides is 1. The fraction of sp³-hybridized carbons (Fsp3) is 0.182. The van der Waals surface area contributed by atoms with Gasteiger partial charge in [-0.2, -0.15) is 5.10 Å². The number of hydrogen-bond acceptors (Lipinski definition) is 4. The quantitative estimate of drug-likeness (QED) is 0.731. The number of nitrogens with one attached hydrogen (secondary N) is 2. The molecule has 1 aromatic heterocycles. The second kappa shape index (κ2) is 4.34. The highest BCUT2D eigenvalue weighted by Gasteiger charge is 2.19. The van der Waals surface area contributed by atoms with E-state index in [1.54, 1.807) is 26.0 Å². The molecule has 0 radical (unpaired) electrons. The van der Waals surface area contributed by atoms with Crippen LogP contribution < -0.4 is 10.5 Å². The van der Waals surface area contributed by atoms with Crippen LogP contribution in [-0.2, 0) is 10.0 Å². The standard InChI is InChI=1S/C11H14N4O2S/c1-7-5-9(12)8(2)10(6-7)18(16,17)15-11-3-4-13-14-11/h3-6H,12H2,1-2H3,(H2,13,14,15). The van der Waals surface area contributed by atoms with E-state index in [2.05, 4.69) is 14.9 Å². The third-order valence-corrected chi connectivity index (χ3v) is 4.07. The fourth-order valence-electron chi connectivity index (χ4n) is 1.64. The highest BCUT2D eigenvalue weighted by atomic mass is 32.2. The van der Waals surface area contributed by atoms with Crippen LogP contribution in [0.5, 0.6) is 0 Å². The monoisotopic (exact) mass is 266 g/mol. The van der Waals surface area contributed by atoms with Crippen LogP contribution in [0, 0.1) is 13.8 Å². The van der Waals surface area contributed by atoms with Gasteiger partial charge in [0.1, 0.15) is 5.82 Å². The van der Waals surface area contributed by atoms with Gasteiger partial charge in [0, 0.05) is 11.8 Å². The number of H-pyrrole nitrogens is 1. The molecule has 0 aliphatic heterocycles. The molecule has 2 aromatic rings. The molecule has 1 aromatic carbocycles. The molecule has 0 fully saturated rings. The molecule has 2 rings (SSSR count). The van der Waals surface area contributed by atoms with Gasteiger partial charge >= 0.3 is 0 Å². The zero-order valence-corrected chi connectivity index (χ0v) is 10.9. The van der Waals surface area contributed by atoms with Crippen molar-refractivity contribution in [2.24, 2.45) is 0 Å². The van der Waals surface area contributed by atoms with Crippen molar-refractivity contribution in [3.05, 3.63) is 35.5 Å². The summed E-state index contributed by atoms with van der Waals surface area (Å²) >= 11 is 0. The first-order valence-electron chi connectivity index (χ1n) is 5.29. The zero-order valence-electron chi connectivity index (χ0n) is 10.1. The predicted molar refractivity (Wildman–Crippen MR) is 69.7 cm³/mol. The third kappa shape index (κ3) is 2.30. The van der Waals surface area contributed by atoms with Gasteiger partial charge in [0.15, 0.2) is 0 Å². The number of nitrogen functional groups attached to an aromatic ring is 1. The maximum atomic E-state index is 12.2. The fourth-order valence-corrected chi connectivity index (χ4v) is 3.02. The van der Waals surface area contributed by atoms with E-state index in [1.807, 2.05) is 0 Å². The first-order chi connectivity index (χ1) is 8.40. The van der Waals surface area contributed by atoms with Crippen LogP contribution in [0.1, 0.15) is 11.1 Å². The second-order valence-corrected chi connectivity index (χ2v) is 5.70. The summed E-state index contributed by atoms with van der Waals surface area (Å²) in [6.45, 7) is 3.47. The van der Waals surface area contributed by atoms with Crippen molar-refractivity contribution in [1.29, 1.82) is 0 Å². The molecular formula is C11H14N4O2S. The van der Waals surface area contributed by atoms with Gasteiger partial charge in [-0.05, 0) is 37.1 Å². The van der Waals surface area contributed by atoms with Crippen molar-refractivity contribution in [1.82, 2.24) is 10.2 Å². The topological polar surface area (TPSA) is 101 Å². The molecule has 96 valence electrons. The highest BCUT2D eigenvalue weighted by Crippen LogP contribution is 2.24. The van der Waals surface area contributed by atoms with Crippen LogP contribution in [0.4, 0.5) is 11.5 Å². The number of hydrogen-bond donors (Lipinski definition) is 3. The molecule has 18 heavy (non-hydrogen) atoms. The van der Waals surface area contributed by atoms with Crippen LogP contribution in [-0.4, -0.2) is 18.6 Å². The second-order valence-electron chi connectivity index (χ2n) is 4.05. The van der Waals surface area contributed by atoms with E-state index in [4.69, 9.17) is 5.73 Å². The lowest BCUT2D eigenvalue weighted by Gasteiger charge is -2.11. The summed E-state index contributed by atoms with van der Waals surface area (Å²) in [5.41, 5.74) is 7.57. The van der Waals surface area contributed by atoms with Crippen molar-refractivity contribution in [2.45, 2.75) is 18.7 Å². The molecule has 0 unspecified atom stereocenters. The van der Waals surface area contributed by atoms with Gasteiger partial charge < -0.3 is 5.73 Å². The summed E-state index contributed by atoms with van der Waals surface area (Å²) in [5.74, 6) is 0.314. The highest BCUT2D eigenvalue weighted by molar-refractivity contribution is 7.92. The molecule has 0 atom stereocenters. The Morgan fingerprint density at radius 3 is 2.67 bits per heavy atom. The molecular weight excluding hydrogens is 252 g/mol. The summed E-state index contributed by atoms with van der Waals surface area (Å²) in [6.07, 6.45) is 1.47. The minimum atomic E-state index is -3.66. The molecule has 7 heteroatoms. The first-order valence-corrected chi connectivity index (χ1v) is 6.77. The smallest absolute Gasteiger partial charge is 0.263 e. The molecule has 0 aliphatic carbocycles. The Hall–Kier alpha value is -2.02. The summed E-state index contributed by atoms with van der Waals surface area (Å²) in [5, 5.41) is 6.22. The van der Waals surface area contributed by atoms with Crippen LogP contribution in [0.25, 0.3) is 0 Å². The Balaban J connectivity index is 2.48. The summed E-state index contributed by atoms with van der Waals surface area (Å²) in [7, 11) is -3.66. The molecule has 4 N–H and O–H groups in total. The molecule has 0 saturated heterocycles. The first kappa shape index (κ1) is 12.4. The minimum absolute atomic E-state index is 0.176. The number of aryl methyl sites for hydroxylation is 1. The lowest BCUT2D eigenvalue weighted by atomic mass is 10.1. The van der Waals surface area contributed by atoms with Gasteiger partial charge in [-0.3, -0.25) is 9.82 Å². The third-order valence-electron chi connectivity index (χ3n) is 2.58. The molecule has 0 aliphatic rings. The SMILES string of the molecule is Cc1cc(N)c(C)c(S(=O)(=O)Nc2ccn[nH]2)c1. The van der Waals surface area contributed by atoms with Gasteiger partial charge in [-0.1, -0.05) is 0 Å². The van der Waals surface area contributed by atoms with E-state index in [0.717, 1.165) is 5.56 Å². The van der Waals surface area contributed by atoms with Gasteiger partial charge in [0.25, 0.3) is 10.0 Å². The summed E-state index contributed by atoms with van der Waals surface area (Å²) in [4.78, 5) is 0.176. The largest absolute Gasteiger partial charge is 0.398 e. The zero-order chi connectivity index (χ0) is 13.3. The molecule has 1 heterocycles. The maximum Gasteiger partial charge on any atom is 0.263 e. The number of nitrogens with two attached hydrogens (primary N) is 1. The van der Waals surface area contributed by atoms with Gasteiger partial charge in [-0.15, -0.1) is 0 Å². The number of anilines is 2. The van der Waals surface area contributed by atoms with Crippen LogP contribution in [0.2, 0.25) is 0 Å². The molecule has 0 bridgehead atoms. The van der Waals surface area contributed by atoms with E-state index in [-0.39, 0.29) is 4.90 Å². The van der Waals surface area contributed by atoms with E-state index >= 15 is 0 Å². The average molecular weight is 266 g/mol. The number of aromatic nitrogens is 2. The minimum Gasteiger partial charge on any atom is -0.398 e. The predicted octanol–water partition coefficient (Wildman–Crippen LogP) is 1.41. The Bertz CT molecular complexity index is 663. The van der Waals surface area contributed by atoms with Crippen molar-refractivity contribution in [2.75, 3.05) is 10.5 Å². The Morgan fingerprint density at radius 2 is 2.06 bits per heavy atom. The van der Waals surface area contributed by atoms with Crippen molar-refractivity contribution < 1.29 is 8.42 Å². The molecule has 0 spiro atoms. The summed E-state index contributed by atoms with van der Waals surface area (Å²) < 4.78 is 26.8. The lowest BCUT2D eigenvalue weighted by Crippen LogP contribution is -2.15. The van der Waals surface area contributed by atoms with Gasteiger partial charge in [0.2, 0.25) is 0 Å². The average Bonchev–Trinajstić information content (AvgIpc) is 2.75. The van der Waals surface area contributed by atoms with Crippen molar-refractivity contribution >= 4 is 21.5 Å². The molecule has 6 nitrogen and oxygen atoms in total.